The lowest BCUT2D eigenvalue weighted by molar-refractivity contribution is -0.136. The van der Waals surface area contributed by atoms with E-state index in [2.05, 4.69) is 5.32 Å². The maximum atomic E-state index is 12.7. The van der Waals surface area contributed by atoms with Gasteiger partial charge in [0.15, 0.2) is 0 Å². The van der Waals surface area contributed by atoms with E-state index in [-0.39, 0.29) is 5.12 Å². The minimum absolute atomic E-state index is 0.0238. The van der Waals surface area contributed by atoms with Gasteiger partial charge in [0.2, 0.25) is 5.12 Å². The maximum Gasteiger partial charge on any atom is 0.336 e. The van der Waals surface area contributed by atoms with Crippen LogP contribution in [0, 0.1) is 0 Å². The van der Waals surface area contributed by atoms with E-state index >= 15 is 0 Å². The number of hydrogen-bond donors (Lipinski definition) is 1. The number of benzene rings is 2. The molecule has 0 aromatic heterocycles. The van der Waals surface area contributed by atoms with E-state index < -0.39 is 11.9 Å². The van der Waals surface area contributed by atoms with Crippen molar-refractivity contribution in [3.05, 3.63) is 88.3 Å². The molecule has 0 bridgehead atoms. The van der Waals surface area contributed by atoms with Gasteiger partial charge in [0, 0.05) is 28.3 Å². The van der Waals surface area contributed by atoms with Gasteiger partial charge in [0.1, 0.15) is 12.4 Å². The molecule has 0 amide bonds. The van der Waals surface area contributed by atoms with Gasteiger partial charge in [-0.2, -0.15) is 0 Å². The van der Waals surface area contributed by atoms with Gasteiger partial charge in [-0.1, -0.05) is 60.3 Å². The lowest BCUT2D eigenvalue weighted by atomic mass is 9.80. The van der Waals surface area contributed by atoms with E-state index in [0.717, 1.165) is 16.8 Å². The summed E-state index contributed by atoms with van der Waals surface area (Å²) in [7, 11) is 1.35. The lowest BCUT2D eigenvalue weighted by Gasteiger charge is -2.29. The van der Waals surface area contributed by atoms with Crippen LogP contribution < -0.4 is 10.1 Å². The van der Waals surface area contributed by atoms with Crippen molar-refractivity contribution in [2.75, 3.05) is 12.9 Å². The number of ether oxygens (including phenoxy) is 2. The fourth-order valence-corrected chi connectivity index (χ4v) is 4.64. The molecule has 2 aromatic rings. The smallest absolute Gasteiger partial charge is 0.336 e. The van der Waals surface area contributed by atoms with Gasteiger partial charge in [-0.25, -0.2) is 4.79 Å². The minimum atomic E-state index is -0.520. The largest absolute Gasteiger partial charge is 0.489 e. The first-order valence-corrected chi connectivity index (χ1v) is 10.3. The van der Waals surface area contributed by atoms with Crippen molar-refractivity contribution in [1.29, 1.82) is 0 Å². The molecule has 0 aliphatic carbocycles. The van der Waals surface area contributed by atoms with Crippen LogP contribution in [0.1, 0.15) is 24.0 Å². The number of esters is 1. The van der Waals surface area contributed by atoms with E-state index in [1.807, 2.05) is 61.5 Å². The second-order valence-electron chi connectivity index (χ2n) is 6.87. The van der Waals surface area contributed by atoms with Gasteiger partial charge in [-0.05, 0) is 18.6 Å². The Morgan fingerprint density at radius 2 is 1.86 bits per heavy atom. The van der Waals surface area contributed by atoms with Gasteiger partial charge in [0.05, 0.1) is 18.6 Å². The van der Waals surface area contributed by atoms with Crippen LogP contribution in [0.25, 0.3) is 0 Å². The van der Waals surface area contributed by atoms with E-state index in [1.165, 1.54) is 18.9 Å². The van der Waals surface area contributed by atoms with E-state index in [0.29, 0.717) is 35.0 Å². The summed E-state index contributed by atoms with van der Waals surface area (Å²) in [5.41, 5.74) is 4.43. The maximum absolute atomic E-state index is 12.7. The highest BCUT2D eigenvalue weighted by atomic mass is 32.2. The molecule has 1 atom stereocenters. The van der Waals surface area contributed by atoms with Crippen LogP contribution in [-0.4, -0.2) is 23.9 Å². The van der Waals surface area contributed by atoms with Gasteiger partial charge in [-0.3, -0.25) is 4.79 Å². The molecule has 0 saturated carbocycles. The Morgan fingerprint density at radius 3 is 2.62 bits per heavy atom. The summed E-state index contributed by atoms with van der Waals surface area (Å²) in [4.78, 5) is 25.3. The third kappa shape index (κ3) is 3.68. The third-order valence-electron chi connectivity index (χ3n) is 5.08. The Labute approximate surface area is 173 Å². The van der Waals surface area contributed by atoms with Crippen LogP contribution in [0.4, 0.5) is 0 Å². The van der Waals surface area contributed by atoms with Gasteiger partial charge in [0.25, 0.3) is 0 Å². The highest BCUT2D eigenvalue weighted by molar-refractivity contribution is 8.14. The summed E-state index contributed by atoms with van der Waals surface area (Å²) in [5.74, 6) is 0.250. The van der Waals surface area contributed by atoms with E-state index in [1.54, 1.807) is 0 Å². The molecule has 2 aliphatic heterocycles. The Kier molecular flexibility index (Phi) is 5.45. The van der Waals surface area contributed by atoms with Crippen molar-refractivity contribution < 1.29 is 19.1 Å². The Bertz CT molecular complexity index is 1030. The normalized spacial score (nSPS) is 18.4. The number of para-hydroxylation sites is 1. The van der Waals surface area contributed by atoms with Crippen molar-refractivity contribution in [3.63, 3.8) is 0 Å². The molecule has 0 fully saturated rings. The zero-order valence-electron chi connectivity index (χ0n) is 16.2. The molecule has 6 heteroatoms. The zero-order valence-corrected chi connectivity index (χ0v) is 17.0. The second kappa shape index (κ2) is 8.17. The van der Waals surface area contributed by atoms with Gasteiger partial charge in [-0.15, -0.1) is 0 Å². The Morgan fingerprint density at radius 1 is 1.14 bits per heavy atom. The van der Waals surface area contributed by atoms with Crippen molar-refractivity contribution >= 4 is 22.8 Å². The van der Waals surface area contributed by atoms with Crippen LogP contribution in [0.5, 0.6) is 5.75 Å². The number of dihydropyridines is 1. The number of methoxy groups -OCH3 is 1. The number of rotatable bonds is 5. The van der Waals surface area contributed by atoms with Crippen molar-refractivity contribution in [3.8, 4) is 5.75 Å². The number of thioether (sulfide) groups is 1. The fraction of sp³-hybridized carbons (Fsp3) is 0.217. The standard InChI is InChI=1S/C23H21NO4S/c1-14-19(22(25)27-2)20(21-17(24-14)13-29-23(21)26)16-10-6-7-11-18(16)28-12-15-8-4-3-5-9-15/h3-11,20,24H,12-13H2,1-2H3/t20-/m1/s1. The summed E-state index contributed by atoms with van der Waals surface area (Å²) in [5, 5.41) is 3.20. The van der Waals surface area contributed by atoms with Crippen LogP contribution in [-0.2, 0) is 20.9 Å². The molecule has 2 aliphatic rings. The molecule has 2 aromatic carbocycles. The molecule has 29 heavy (non-hydrogen) atoms. The molecule has 0 radical (unpaired) electrons. The van der Waals surface area contributed by atoms with Crippen LogP contribution >= 0.6 is 11.8 Å². The molecular weight excluding hydrogens is 386 g/mol. The number of hydrogen-bond acceptors (Lipinski definition) is 6. The summed E-state index contributed by atoms with van der Waals surface area (Å²) in [6.07, 6.45) is 0. The topological polar surface area (TPSA) is 64.6 Å². The highest BCUT2D eigenvalue weighted by Gasteiger charge is 2.41. The molecule has 2 heterocycles. The first kappa shape index (κ1) is 19.3. The molecular formula is C23H21NO4S. The summed E-state index contributed by atoms with van der Waals surface area (Å²) < 4.78 is 11.2. The Balaban J connectivity index is 1.77. The van der Waals surface area contributed by atoms with Gasteiger partial charge < -0.3 is 14.8 Å². The predicted octanol–water partition coefficient (Wildman–Crippen LogP) is 3.93. The van der Waals surface area contributed by atoms with Crippen molar-refractivity contribution in [2.45, 2.75) is 19.4 Å². The van der Waals surface area contributed by atoms with Crippen LogP contribution in [0.2, 0.25) is 0 Å². The van der Waals surface area contributed by atoms with E-state index in [9.17, 15) is 9.59 Å². The number of allylic oxidation sites excluding steroid dienone is 1. The summed E-state index contributed by atoms with van der Waals surface area (Å²) in [6, 6.07) is 17.4. The number of nitrogens with one attached hydrogen (secondary N) is 1. The Hall–Kier alpha value is -2.99. The molecule has 0 unspecified atom stereocenters. The van der Waals surface area contributed by atoms with E-state index in [4.69, 9.17) is 9.47 Å². The number of carbonyl (C=O) groups excluding carboxylic acids is 2. The lowest BCUT2D eigenvalue weighted by Crippen LogP contribution is -2.30. The zero-order chi connectivity index (χ0) is 20.4. The predicted molar refractivity (Wildman–Crippen MR) is 112 cm³/mol. The first-order valence-electron chi connectivity index (χ1n) is 9.32. The van der Waals surface area contributed by atoms with Crippen LogP contribution in [0.3, 0.4) is 0 Å². The highest BCUT2D eigenvalue weighted by Crippen LogP contribution is 2.46. The summed E-state index contributed by atoms with van der Waals surface area (Å²) >= 11 is 1.25. The SMILES string of the molecule is COC(=O)C1=C(C)NC2=C(C(=O)SC2)[C@@H]1c1ccccc1OCc1ccccc1. The number of carbonyl (C=O) groups is 2. The van der Waals surface area contributed by atoms with Crippen molar-refractivity contribution in [2.24, 2.45) is 0 Å². The summed E-state index contributed by atoms with van der Waals surface area (Å²) in [6.45, 7) is 2.23. The molecule has 4 rings (SSSR count). The second-order valence-corrected chi connectivity index (χ2v) is 7.82. The molecule has 0 saturated heterocycles. The minimum Gasteiger partial charge on any atom is -0.489 e. The van der Waals surface area contributed by atoms with Crippen LogP contribution in [0.15, 0.2) is 77.1 Å². The quantitative estimate of drug-likeness (QED) is 0.758. The molecule has 1 N–H and O–H groups in total. The first-order chi connectivity index (χ1) is 14.1. The molecule has 5 nitrogen and oxygen atoms in total. The van der Waals surface area contributed by atoms with Gasteiger partial charge >= 0.3 is 5.97 Å². The van der Waals surface area contributed by atoms with Crippen molar-refractivity contribution in [1.82, 2.24) is 5.32 Å². The average molecular weight is 407 g/mol. The molecule has 148 valence electrons. The third-order valence-corrected chi connectivity index (χ3v) is 6.00. The fourth-order valence-electron chi connectivity index (χ4n) is 3.74. The molecule has 0 spiro atoms. The average Bonchev–Trinajstić information content (AvgIpc) is 3.12. The monoisotopic (exact) mass is 407 g/mol.